The zero-order valence-corrected chi connectivity index (χ0v) is 18.0. The van der Waals surface area contributed by atoms with E-state index in [2.05, 4.69) is 51.7 Å². The minimum Gasteiger partial charge on any atom is -0.381 e. The van der Waals surface area contributed by atoms with Crippen molar-refractivity contribution in [1.29, 1.82) is 0 Å². The number of piperidine rings is 1. The summed E-state index contributed by atoms with van der Waals surface area (Å²) in [6.45, 7) is 5.10. The van der Waals surface area contributed by atoms with E-state index >= 15 is 0 Å². The Morgan fingerprint density at radius 2 is 2.19 bits per heavy atom. The lowest BCUT2D eigenvalue weighted by Crippen LogP contribution is -2.45. The number of hydrogen-bond acceptors (Lipinski definition) is 4. The van der Waals surface area contributed by atoms with Crippen molar-refractivity contribution in [3.63, 3.8) is 0 Å². The van der Waals surface area contributed by atoms with Crippen molar-refractivity contribution in [3.05, 3.63) is 22.4 Å². The first kappa shape index (κ1) is 20.6. The number of hydrogen-bond donors (Lipinski definition) is 1. The molecule has 1 aromatic heterocycles. The van der Waals surface area contributed by atoms with Gasteiger partial charge in [-0.3, -0.25) is 9.89 Å². The molecule has 152 valence electrons. The third-order valence-electron chi connectivity index (χ3n) is 6.15. The molecule has 27 heavy (non-hydrogen) atoms. The molecule has 2 unspecified atom stereocenters. The molecule has 0 saturated carbocycles. The fraction of sp³-hybridized carbons (Fsp3) is 0.762. The summed E-state index contributed by atoms with van der Waals surface area (Å²) in [5.74, 6) is 2.46. The van der Waals surface area contributed by atoms with E-state index in [1.807, 2.05) is 18.4 Å². The van der Waals surface area contributed by atoms with Crippen molar-refractivity contribution in [3.8, 4) is 0 Å². The van der Waals surface area contributed by atoms with Crippen molar-refractivity contribution in [2.75, 3.05) is 54.0 Å². The summed E-state index contributed by atoms with van der Waals surface area (Å²) in [5, 5.41) is 5.87. The van der Waals surface area contributed by atoms with Crippen LogP contribution >= 0.6 is 11.3 Å². The van der Waals surface area contributed by atoms with Crippen LogP contribution in [0.5, 0.6) is 0 Å². The van der Waals surface area contributed by atoms with E-state index in [1.165, 1.54) is 43.5 Å². The van der Waals surface area contributed by atoms with Crippen LogP contribution < -0.4 is 5.32 Å². The third kappa shape index (κ3) is 5.69. The Bertz CT molecular complexity index is 571. The van der Waals surface area contributed by atoms with Gasteiger partial charge in [-0.15, -0.1) is 11.3 Å². The quantitative estimate of drug-likeness (QED) is 0.595. The standard InChI is InChI=1S/C21H36N4OS/c1-22-21(25(3)12-8-17-9-13-26-14-10-17)23-16-18-6-4-11-24(2)20(18)19-7-5-15-27-19/h5,7,15,17-18,20H,4,6,8-14,16H2,1-3H3,(H,22,23). The molecule has 3 heterocycles. The van der Waals surface area contributed by atoms with Crippen LogP contribution in [0.4, 0.5) is 0 Å². The Kier molecular flexibility index (Phi) is 7.97. The summed E-state index contributed by atoms with van der Waals surface area (Å²) >= 11 is 1.89. The maximum absolute atomic E-state index is 5.48. The van der Waals surface area contributed by atoms with Gasteiger partial charge in [0.05, 0.1) is 0 Å². The van der Waals surface area contributed by atoms with Crippen LogP contribution in [-0.2, 0) is 4.74 Å². The Balaban J connectivity index is 1.51. The number of likely N-dealkylation sites (tertiary alicyclic amines) is 1. The van der Waals surface area contributed by atoms with Crippen LogP contribution in [0.15, 0.2) is 22.5 Å². The van der Waals surface area contributed by atoms with E-state index in [0.717, 1.165) is 38.2 Å². The summed E-state index contributed by atoms with van der Waals surface area (Å²) in [7, 11) is 6.33. The molecule has 0 amide bonds. The van der Waals surface area contributed by atoms with Crippen molar-refractivity contribution < 1.29 is 4.74 Å². The molecule has 0 spiro atoms. The molecule has 6 heteroatoms. The van der Waals surface area contributed by atoms with E-state index in [0.29, 0.717) is 12.0 Å². The Morgan fingerprint density at radius 3 is 2.89 bits per heavy atom. The zero-order chi connectivity index (χ0) is 19.1. The van der Waals surface area contributed by atoms with E-state index in [1.54, 1.807) is 0 Å². The summed E-state index contributed by atoms with van der Waals surface area (Å²) in [6.07, 6.45) is 6.20. The zero-order valence-electron chi connectivity index (χ0n) is 17.2. The first-order valence-corrected chi connectivity index (χ1v) is 11.3. The van der Waals surface area contributed by atoms with Gasteiger partial charge in [0.2, 0.25) is 0 Å². The smallest absolute Gasteiger partial charge is 0.193 e. The number of aliphatic imine (C=N–C) groups is 1. The lowest BCUT2D eigenvalue weighted by molar-refractivity contribution is 0.0625. The average molecular weight is 393 g/mol. The molecule has 2 atom stereocenters. The molecule has 3 rings (SSSR count). The van der Waals surface area contributed by atoms with Crippen molar-refractivity contribution in [2.24, 2.45) is 16.8 Å². The molecule has 2 aliphatic rings. The van der Waals surface area contributed by atoms with Gasteiger partial charge in [-0.2, -0.15) is 0 Å². The summed E-state index contributed by atoms with van der Waals surface area (Å²) < 4.78 is 5.48. The summed E-state index contributed by atoms with van der Waals surface area (Å²) in [6, 6.07) is 4.99. The van der Waals surface area contributed by atoms with Crippen LogP contribution in [0.1, 0.15) is 43.0 Å². The lowest BCUT2D eigenvalue weighted by atomic mass is 9.88. The van der Waals surface area contributed by atoms with Crippen molar-refractivity contribution in [1.82, 2.24) is 15.1 Å². The Hall–Kier alpha value is -1.11. The molecule has 0 aliphatic carbocycles. The maximum atomic E-state index is 5.48. The molecule has 1 N–H and O–H groups in total. The number of rotatable bonds is 6. The molecule has 0 aromatic carbocycles. The predicted molar refractivity (Wildman–Crippen MR) is 115 cm³/mol. The largest absolute Gasteiger partial charge is 0.381 e. The second-order valence-corrected chi connectivity index (χ2v) is 9.02. The fourth-order valence-corrected chi connectivity index (χ4v) is 5.49. The number of nitrogens with one attached hydrogen (secondary N) is 1. The van der Waals surface area contributed by atoms with Crippen molar-refractivity contribution in [2.45, 2.75) is 38.1 Å². The summed E-state index contributed by atoms with van der Waals surface area (Å²) in [5.41, 5.74) is 0. The van der Waals surface area contributed by atoms with Crippen LogP contribution in [0.2, 0.25) is 0 Å². The molecule has 2 aliphatic heterocycles. The topological polar surface area (TPSA) is 40.1 Å². The molecule has 2 fully saturated rings. The van der Waals surface area contributed by atoms with Crippen molar-refractivity contribution >= 4 is 17.3 Å². The second kappa shape index (κ2) is 10.4. The van der Waals surface area contributed by atoms with E-state index < -0.39 is 0 Å². The van der Waals surface area contributed by atoms with E-state index in [9.17, 15) is 0 Å². The predicted octanol–water partition coefficient (Wildman–Crippen LogP) is 3.45. The summed E-state index contributed by atoms with van der Waals surface area (Å²) in [4.78, 5) is 10.9. The first-order chi connectivity index (χ1) is 13.2. The normalized spacial score (nSPS) is 25.5. The number of thiophene rings is 1. The first-order valence-electron chi connectivity index (χ1n) is 10.4. The molecule has 5 nitrogen and oxygen atoms in total. The lowest BCUT2D eigenvalue weighted by Gasteiger charge is -2.39. The van der Waals surface area contributed by atoms with Gasteiger partial charge in [-0.25, -0.2) is 0 Å². The van der Waals surface area contributed by atoms with E-state index in [4.69, 9.17) is 4.74 Å². The highest BCUT2D eigenvalue weighted by Crippen LogP contribution is 2.36. The SMILES string of the molecule is CN=C(NCC1CCCN(C)C1c1cccs1)N(C)CCC1CCOCC1. The van der Waals surface area contributed by atoms with Gasteiger partial charge in [0.15, 0.2) is 5.96 Å². The highest BCUT2D eigenvalue weighted by molar-refractivity contribution is 7.10. The van der Waals surface area contributed by atoms with E-state index in [-0.39, 0.29) is 0 Å². The minimum absolute atomic E-state index is 0.525. The van der Waals surface area contributed by atoms with Gasteiger partial charge in [-0.05, 0) is 69.0 Å². The molecular formula is C21H36N4OS. The van der Waals surface area contributed by atoms with Crippen LogP contribution in [0, 0.1) is 11.8 Å². The molecule has 0 radical (unpaired) electrons. The number of ether oxygens (including phenoxy) is 1. The van der Waals surface area contributed by atoms with Gasteiger partial charge >= 0.3 is 0 Å². The number of nitrogens with zero attached hydrogens (tertiary/aromatic N) is 3. The highest BCUT2D eigenvalue weighted by atomic mass is 32.1. The monoisotopic (exact) mass is 392 g/mol. The Morgan fingerprint density at radius 1 is 1.37 bits per heavy atom. The second-order valence-electron chi connectivity index (χ2n) is 8.04. The number of guanidine groups is 1. The Labute approximate surface area is 168 Å². The van der Waals surface area contributed by atoms with Crippen LogP contribution in [0.25, 0.3) is 0 Å². The van der Waals surface area contributed by atoms with Gasteiger partial charge in [0.25, 0.3) is 0 Å². The molecule has 1 aromatic rings. The molecule has 2 saturated heterocycles. The highest BCUT2D eigenvalue weighted by Gasteiger charge is 2.31. The van der Waals surface area contributed by atoms with Crippen LogP contribution in [-0.4, -0.2) is 69.8 Å². The fourth-order valence-electron chi connectivity index (χ4n) is 4.51. The minimum atomic E-state index is 0.525. The van der Waals surface area contributed by atoms with Gasteiger partial charge in [0, 0.05) is 51.3 Å². The molecule has 0 bridgehead atoms. The van der Waals surface area contributed by atoms with Gasteiger partial charge < -0.3 is 15.0 Å². The van der Waals surface area contributed by atoms with Gasteiger partial charge in [0.1, 0.15) is 0 Å². The third-order valence-corrected chi connectivity index (χ3v) is 7.09. The maximum Gasteiger partial charge on any atom is 0.193 e. The van der Waals surface area contributed by atoms with Gasteiger partial charge in [-0.1, -0.05) is 6.07 Å². The van der Waals surface area contributed by atoms with Crippen LogP contribution in [0.3, 0.4) is 0 Å². The molecular weight excluding hydrogens is 356 g/mol. The average Bonchev–Trinajstić information content (AvgIpc) is 3.22.